The number of sulfonamides is 1. The Labute approximate surface area is 132 Å². The number of pyridine rings is 1. The summed E-state index contributed by atoms with van der Waals surface area (Å²) in [4.78, 5) is 4.05. The number of anilines is 1. The van der Waals surface area contributed by atoms with E-state index >= 15 is 0 Å². The van der Waals surface area contributed by atoms with E-state index in [-0.39, 0.29) is 10.6 Å². The van der Waals surface area contributed by atoms with E-state index in [2.05, 4.69) is 14.8 Å². The third kappa shape index (κ3) is 3.21. The number of benzene rings is 1. The third-order valence-electron chi connectivity index (χ3n) is 3.20. The summed E-state index contributed by atoms with van der Waals surface area (Å²) in [6.45, 7) is 1.69. The smallest absolute Gasteiger partial charge is 0.265 e. The van der Waals surface area contributed by atoms with Crippen LogP contribution in [0, 0.1) is 12.7 Å². The zero-order valence-corrected chi connectivity index (χ0v) is 13.0. The van der Waals surface area contributed by atoms with E-state index in [0.717, 1.165) is 6.07 Å². The second-order valence-corrected chi connectivity index (χ2v) is 6.56. The maximum atomic E-state index is 13.3. The molecule has 1 aromatic carbocycles. The van der Waals surface area contributed by atoms with Gasteiger partial charge in [0.1, 0.15) is 10.7 Å². The molecule has 0 unspecified atom stereocenters. The number of rotatable bonds is 4. The van der Waals surface area contributed by atoms with E-state index in [9.17, 15) is 12.8 Å². The minimum absolute atomic E-state index is 0.0354. The highest BCUT2D eigenvalue weighted by Crippen LogP contribution is 2.21. The first kappa shape index (κ1) is 15.2. The van der Waals surface area contributed by atoms with Gasteiger partial charge in [0, 0.05) is 6.20 Å². The zero-order chi connectivity index (χ0) is 16.4. The van der Waals surface area contributed by atoms with Gasteiger partial charge in [-0.2, -0.15) is 5.10 Å². The Bertz CT molecular complexity index is 939. The van der Waals surface area contributed by atoms with Gasteiger partial charge in [0.2, 0.25) is 0 Å². The maximum Gasteiger partial charge on any atom is 0.265 e. The molecule has 2 aromatic heterocycles. The number of hydrogen-bond acceptors (Lipinski definition) is 4. The third-order valence-corrected chi connectivity index (χ3v) is 4.52. The number of halogens is 1. The van der Waals surface area contributed by atoms with Crippen molar-refractivity contribution in [3.05, 3.63) is 66.4 Å². The van der Waals surface area contributed by atoms with Crippen LogP contribution >= 0.6 is 0 Å². The highest BCUT2D eigenvalue weighted by molar-refractivity contribution is 7.92. The molecule has 0 aliphatic carbocycles. The molecule has 3 rings (SSSR count). The Hall–Kier alpha value is -2.74. The van der Waals surface area contributed by atoms with E-state index in [1.807, 2.05) is 0 Å². The molecule has 0 amide bonds. The molecule has 0 fully saturated rings. The molecule has 1 N–H and O–H groups in total. The van der Waals surface area contributed by atoms with Crippen LogP contribution in [0.4, 0.5) is 10.1 Å². The topological polar surface area (TPSA) is 76.9 Å². The summed E-state index contributed by atoms with van der Waals surface area (Å²) >= 11 is 0. The fourth-order valence-electron chi connectivity index (χ4n) is 1.97. The van der Waals surface area contributed by atoms with Crippen molar-refractivity contribution in [3.8, 4) is 5.82 Å². The molecule has 0 radical (unpaired) electrons. The van der Waals surface area contributed by atoms with Crippen LogP contribution in [-0.2, 0) is 10.0 Å². The molecule has 0 bridgehead atoms. The van der Waals surface area contributed by atoms with Crippen molar-refractivity contribution in [2.75, 3.05) is 4.72 Å². The summed E-state index contributed by atoms with van der Waals surface area (Å²) < 4.78 is 41.8. The highest BCUT2D eigenvalue weighted by atomic mass is 32.2. The van der Waals surface area contributed by atoms with Crippen LogP contribution in [0.2, 0.25) is 0 Å². The molecule has 0 atom stereocenters. The van der Waals surface area contributed by atoms with Gasteiger partial charge < -0.3 is 0 Å². The number of aryl methyl sites for hydroxylation is 1. The molecule has 3 aromatic rings. The molecular weight excluding hydrogens is 319 g/mol. The number of nitrogens with one attached hydrogen (secondary N) is 1. The lowest BCUT2D eigenvalue weighted by atomic mass is 10.2. The Morgan fingerprint density at radius 2 is 2.04 bits per heavy atom. The molecule has 118 valence electrons. The quantitative estimate of drug-likeness (QED) is 0.796. The van der Waals surface area contributed by atoms with Gasteiger partial charge >= 0.3 is 0 Å². The molecule has 2 heterocycles. The Morgan fingerprint density at radius 1 is 1.22 bits per heavy atom. The van der Waals surface area contributed by atoms with Crippen molar-refractivity contribution in [1.29, 1.82) is 0 Å². The maximum absolute atomic E-state index is 13.3. The van der Waals surface area contributed by atoms with E-state index in [0.29, 0.717) is 11.4 Å². The fraction of sp³-hybridized carbons (Fsp3) is 0.0667. The summed E-state index contributed by atoms with van der Waals surface area (Å²) in [6.07, 6.45) is 4.14. The first-order valence-electron chi connectivity index (χ1n) is 6.71. The van der Waals surface area contributed by atoms with Crippen molar-refractivity contribution >= 4 is 15.7 Å². The molecule has 0 aliphatic rings. The average Bonchev–Trinajstić information content (AvgIpc) is 3.02. The Balaban J connectivity index is 1.92. The van der Waals surface area contributed by atoms with Crippen LogP contribution in [0.15, 0.2) is 59.9 Å². The van der Waals surface area contributed by atoms with Crippen molar-refractivity contribution in [2.45, 2.75) is 11.8 Å². The molecule has 8 heteroatoms. The van der Waals surface area contributed by atoms with Crippen molar-refractivity contribution in [1.82, 2.24) is 14.8 Å². The number of nitrogens with zero attached hydrogens (tertiary/aromatic N) is 3. The molecule has 23 heavy (non-hydrogen) atoms. The highest BCUT2D eigenvalue weighted by Gasteiger charge is 2.18. The van der Waals surface area contributed by atoms with Gasteiger partial charge in [0.25, 0.3) is 10.0 Å². The molecule has 0 aliphatic heterocycles. The van der Waals surface area contributed by atoms with Crippen LogP contribution in [0.1, 0.15) is 5.56 Å². The summed E-state index contributed by atoms with van der Waals surface area (Å²) in [5, 5.41) is 4.00. The number of aromatic nitrogens is 3. The predicted molar refractivity (Wildman–Crippen MR) is 83.3 cm³/mol. The van der Waals surface area contributed by atoms with E-state index in [4.69, 9.17) is 0 Å². The lowest BCUT2D eigenvalue weighted by molar-refractivity contribution is 0.601. The standard InChI is InChI=1S/C15H13FN4O2S/c1-11-5-6-12(16)8-14(11)19-23(21,22)13-9-18-20(10-13)15-4-2-3-7-17-15/h2-10,19H,1H3. The van der Waals surface area contributed by atoms with Crippen LogP contribution in [0.3, 0.4) is 0 Å². The summed E-state index contributed by atoms with van der Waals surface area (Å²) in [7, 11) is -3.87. The Morgan fingerprint density at radius 3 is 2.78 bits per heavy atom. The number of hydrogen-bond donors (Lipinski definition) is 1. The van der Waals surface area contributed by atoms with Gasteiger partial charge in [-0.3, -0.25) is 4.72 Å². The second-order valence-electron chi connectivity index (χ2n) is 4.87. The van der Waals surface area contributed by atoms with E-state index in [1.54, 1.807) is 31.3 Å². The van der Waals surface area contributed by atoms with Gasteiger partial charge in [-0.25, -0.2) is 22.5 Å². The molecule has 6 nitrogen and oxygen atoms in total. The van der Waals surface area contributed by atoms with Gasteiger partial charge in [0.15, 0.2) is 5.82 Å². The van der Waals surface area contributed by atoms with Crippen LogP contribution < -0.4 is 4.72 Å². The molecule has 0 saturated carbocycles. The van der Waals surface area contributed by atoms with Crippen LogP contribution in [0.5, 0.6) is 0 Å². The second kappa shape index (κ2) is 5.81. The van der Waals surface area contributed by atoms with E-state index in [1.165, 1.54) is 29.2 Å². The van der Waals surface area contributed by atoms with Crippen molar-refractivity contribution in [2.24, 2.45) is 0 Å². The minimum atomic E-state index is -3.87. The summed E-state index contributed by atoms with van der Waals surface area (Å²) in [5.74, 6) is -0.0200. The van der Waals surface area contributed by atoms with Gasteiger partial charge in [0.05, 0.1) is 18.1 Å². The lowest BCUT2D eigenvalue weighted by Gasteiger charge is -2.09. The lowest BCUT2D eigenvalue weighted by Crippen LogP contribution is -2.13. The average molecular weight is 332 g/mol. The normalized spacial score (nSPS) is 11.4. The summed E-state index contributed by atoms with van der Waals surface area (Å²) in [5.41, 5.74) is 0.808. The Kier molecular flexibility index (Phi) is 3.83. The van der Waals surface area contributed by atoms with Crippen LogP contribution in [0.25, 0.3) is 5.82 Å². The van der Waals surface area contributed by atoms with E-state index < -0.39 is 15.8 Å². The fourth-order valence-corrected chi connectivity index (χ4v) is 3.02. The SMILES string of the molecule is Cc1ccc(F)cc1NS(=O)(=O)c1cnn(-c2ccccn2)c1. The van der Waals surface area contributed by atoms with Crippen molar-refractivity contribution in [3.63, 3.8) is 0 Å². The first-order valence-corrected chi connectivity index (χ1v) is 8.19. The van der Waals surface area contributed by atoms with Gasteiger partial charge in [-0.05, 0) is 36.8 Å². The zero-order valence-electron chi connectivity index (χ0n) is 12.1. The molecular formula is C15H13FN4O2S. The van der Waals surface area contributed by atoms with Gasteiger partial charge in [-0.1, -0.05) is 12.1 Å². The molecule has 0 saturated heterocycles. The first-order chi connectivity index (χ1) is 11.0. The van der Waals surface area contributed by atoms with Crippen molar-refractivity contribution < 1.29 is 12.8 Å². The van der Waals surface area contributed by atoms with Crippen LogP contribution in [-0.4, -0.2) is 23.2 Å². The monoisotopic (exact) mass is 332 g/mol. The van der Waals surface area contributed by atoms with Gasteiger partial charge in [-0.15, -0.1) is 0 Å². The summed E-state index contributed by atoms with van der Waals surface area (Å²) in [6, 6.07) is 9.13. The minimum Gasteiger partial charge on any atom is -0.279 e. The predicted octanol–water partition coefficient (Wildman–Crippen LogP) is 2.52. The largest absolute Gasteiger partial charge is 0.279 e. The molecule has 0 spiro atoms.